The number of hydrogen-bond acceptors (Lipinski definition) is 3. The van der Waals surface area contributed by atoms with Crippen LogP contribution in [0.25, 0.3) is 0 Å². The van der Waals surface area contributed by atoms with E-state index in [9.17, 15) is 4.79 Å². The van der Waals surface area contributed by atoms with E-state index < -0.39 is 0 Å². The van der Waals surface area contributed by atoms with Gasteiger partial charge in [0.05, 0.1) is 6.54 Å². The van der Waals surface area contributed by atoms with E-state index >= 15 is 0 Å². The van der Waals surface area contributed by atoms with Crippen molar-refractivity contribution in [2.24, 2.45) is 0 Å². The van der Waals surface area contributed by atoms with Gasteiger partial charge < -0.3 is 15.1 Å². The van der Waals surface area contributed by atoms with Crippen LogP contribution >= 0.6 is 0 Å². The van der Waals surface area contributed by atoms with Gasteiger partial charge >= 0.3 is 0 Å². The van der Waals surface area contributed by atoms with Crippen molar-refractivity contribution in [1.82, 2.24) is 0 Å². The first kappa shape index (κ1) is 14.2. The number of carbonyl (C=O) groups excluding carboxylic acids is 1. The number of anilines is 2. The van der Waals surface area contributed by atoms with E-state index in [4.69, 9.17) is 4.42 Å². The molecule has 4 heteroatoms. The highest BCUT2D eigenvalue weighted by Gasteiger charge is 2.07. The van der Waals surface area contributed by atoms with Crippen LogP contribution in [0.5, 0.6) is 0 Å². The van der Waals surface area contributed by atoms with Gasteiger partial charge in [0, 0.05) is 17.8 Å². The van der Waals surface area contributed by atoms with Crippen molar-refractivity contribution in [1.29, 1.82) is 0 Å². The Bertz CT molecular complexity index is 602. The summed E-state index contributed by atoms with van der Waals surface area (Å²) >= 11 is 0. The summed E-state index contributed by atoms with van der Waals surface area (Å²) in [5.74, 6) is 1.82. The van der Waals surface area contributed by atoms with E-state index in [1.807, 2.05) is 51.1 Å². The first-order chi connectivity index (χ1) is 9.60. The van der Waals surface area contributed by atoms with Crippen LogP contribution in [0.4, 0.5) is 11.4 Å². The lowest BCUT2D eigenvalue weighted by atomic mass is 10.1. The summed E-state index contributed by atoms with van der Waals surface area (Å²) in [6.07, 6.45) is 0.475. The highest BCUT2D eigenvalue weighted by molar-refractivity contribution is 5.92. The molecule has 1 heterocycles. The Morgan fingerprint density at radius 3 is 2.55 bits per heavy atom. The molecular weight excluding hydrogens is 252 g/mol. The van der Waals surface area contributed by atoms with Gasteiger partial charge in [-0.2, -0.15) is 0 Å². The lowest BCUT2D eigenvalue weighted by Crippen LogP contribution is -2.11. The third kappa shape index (κ3) is 3.41. The van der Waals surface area contributed by atoms with Crippen molar-refractivity contribution in [3.63, 3.8) is 0 Å². The predicted molar refractivity (Wildman–Crippen MR) is 80.9 cm³/mol. The Balaban J connectivity index is 2.08. The molecule has 0 saturated heterocycles. The lowest BCUT2D eigenvalue weighted by molar-refractivity contribution is -0.115. The van der Waals surface area contributed by atoms with E-state index in [-0.39, 0.29) is 5.91 Å². The molecule has 0 atom stereocenters. The Labute approximate surface area is 119 Å². The van der Waals surface area contributed by atoms with Gasteiger partial charge in [-0.05, 0) is 43.7 Å². The molecule has 0 radical (unpaired) electrons. The van der Waals surface area contributed by atoms with E-state index in [2.05, 4.69) is 10.6 Å². The largest absolute Gasteiger partial charge is 0.465 e. The Morgan fingerprint density at radius 2 is 1.90 bits per heavy atom. The molecule has 1 aromatic carbocycles. The van der Waals surface area contributed by atoms with Crippen molar-refractivity contribution >= 4 is 17.3 Å². The minimum absolute atomic E-state index is 0.0203. The molecule has 2 aromatic rings. The molecule has 0 bridgehead atoms. The number of carbonyl (C=O) groups is 1. The van der Waals surface area contributed by atoms with Crippen LogP contribution in [0, 0.1) is 13.8 Å². The maximum atomic E-state index is 11.5. The monoisotopic (exact) mass is 272 g/mol. The van der Waals surface area contributed by atoms with E-state index in [0.717, 1.165) is 28.5 Å². The number of nitrogens with one attached hydrogen (secondary N) is 2. The summed E-state index contributed by atoms with van der Waals surface area (Å²) in [4.78, 5) is 11.5. The zero-order valence-electron chi connectivity index (χ0n) is 12.1. The fraction of sp³-hybridized carbons (Fsp3) is 0.312. The van der Waals surface area contributed by atoms with E-state index in [1.165, 1.54) is 0 Å². The molecule has 106 valence electrons. The first-order valence-corrected chi connectivity index (χ1v) is 6.78. The SMILES string of the molecule is CCC(=O)Nc1cccc(NCc2ccc(C)o2)c1C. The Morgan fingerprint density at radius 1 is 1.15 bits per heavy atom. The number of amides is 1. The molecule has 20 heavy (non-hydrogen) atoms. The van der Waals surface area contributed by atoms with Crippen LogP contribution in [0.2, 0.25) is 0 Å². The molecule has 2 N–H and O–H groups in total. The van der Waals surface area contributed by atoms with Gasteiger partial charge in [-0.1, -0.05) is 13.0 Å². The summed E-state index contributed by atoms with van der Waals surface area (Å²) in [7, 11) is 0. The Hall–Kier alpha value is -2.23. The standard InChI is InChI=1S/C16H20N2O2/c1-4-16(19)18-15-7-5-6-14(12(15)3)17-10-13-9-8-11(2)20-13/h5-9,17H,4,10H2,1-3H3,(H,18,19). The zero-order valence-corrected chi connectivity index (χ0v) is 12.1. The van der Waals surface area contributed by atoms with Gasteiger partial charge in [0.15, 0.2) is 0 Å². The van der Waals surface area contributed by atoms with Crippen molar-refractivity contribution in [2.75, 3.05) is 10.6 Å². The average Bonchev–Trinajstić information content (AvgIpc) is 2.85. The third-order valence-corrected chi connectivity index (χ3v) is 3.18. The fourth-order valence-corrected chi connectivity index (χ4v) is 1.96. The number of furan rings is 1. The van der Waals surface area contributed by atoms with Gasteiger partial charge in [-0.15, -0.1) is 0 Å². The van der Waals surface area contributed by atoms with Crippen LogP contribution in [-0.2, 0) is 11.3 Å². The predicted octanol–water partition coefficient (Wildman–Crippen LogP) is 3.86. The highest BCUT2D eigenvalue weighted by Crippen LogP contribution is 2.24. The van der Waals surface area contributed by atoms with Crippen molar-refractivity contribution < 1.29 is 9.21 Å². The minimum Gasteiger partial charge on any atom is -0.465 e. The number of hydrogen-bond donors (Lipinski definition) is 2. The van der Waals surface area contributed by atoms with Crippen LogP contribution in [0.1, 0.15) is 30.4 Å². The molecular formula is C16H20N2O2. The molecule has 1 amide bonds. The van der Waals surface area contributed by atoms with Gasteiger partial charge in [-0.25, -0.2) is 0 Å². The second kappa shape index (κ2) is 6.28. The quantitative estimate of drug-likeness (QED) is 0.869. The molecule has 0 spiro atoms. The third-order valence-electron chi connectivity index (χ3n) is 3.18. The topological polar surface area (TPSA) is 54.3 Å². The van der Waals surface area contributed by atoms with E-state index in [0.29, 0.717) is 13.0 Å². The maximum Gasteiger partial charge on any atom is 0.224 e. The summed E-state index contributed by atoms with van der Waals surface area (Å²) in [5, 5.41) is 6.23. The van der Waals surface area contributed by atoms with Gasteiger partial charge in [0.1, 0.15) is 11.5 Å². The fourth-order valence-electron chi connectivity index (χ4n) is 1.96. The second-order valence-corrected chi connectivity index (χ2v) is 4.75. The zero-order chi connectivity index (χ0) is 14.5. The minimum atomic E-state index is 0.0203. The molecule has 0 aliphatic rings. The lowest BCUT2D eigenvalue weighted by Gasteiger charge is -2.13. The van der Waals surface area contributed by atoms with Gasteiger partial charge in [0.2, 0.25) is 5.91 Å². The summed E-state index contributed by atoms with van der Waals surface area (Å²) in [6.45, 7) is 6.38. The van der Waals surface area contributed by atoms with Crippen LogP contribution in [0.3, 0.4) is 0 Å². The van der Waals surface area contributed by atoms with Crippen molar-refractivity contribution in [3.8, 4) is 0 Å². The molecule has 2 rings (SSSR count). The summed E-state index contributed by atoms with van der Waals surface area (Å²) in [5.41, 5.74) is 2.86. The molecule has 0 fully saturated rings. The number of rotatable bonds is 5. The maximum absolute atomic E-state index is 11.5. The second-order valence-electron chi connectivity index (χ2n) is 4.75. The molecule has 0 saturated carbocycles. The summed E-state index contributed by atoms with van der Waals surface area (Å²) in [6, 6.07) is 9.73. The Kier molecular flexibility index (Phi) is 4.45. The van der Waals surface area contributed by atoms with Crippen LogP contribution < -0.4 is 10.6 Å². The summed E-state index contributed by atoms with van der Waals surface area (Å²) < 4.78 is 5.53. The highest BCUT2D eigenvalue weighted by atomic mass is 16.3. The molecule has 0 aliphatic heterocycles. The number of aryl methyl sites for hydroxylation is 1. The molecule has 1 aromatic heterocycles. The van der Waals surface area contributed by atoms with Gasteiger partial charge in [0.25, 0.3) is 0 Å². The molecule has 4 nitrogen and oxygen atoms in total. The van der Waals surface area contributed by atoms with Gasteiger partial charge in [-0.3, -0.25) is 4.79 Å². The first-order valence-electron chi connectivity index (χ1n) is 6.78. The smallest absolute Gasteiger partial charge is 0.224 e. The normalized spacial score (nSPS) is 10.3. The van der Waals surface area contributed by atoms with E-state index in [1.54, 1.807) is 0 Å². The van der Waals surface area contributed by atoms with Crippen molar-refractivity contribution in [2.45, 2.75) is 33.7 Å². The number of benzene rings is 1. The molecule has 0 unspecified atom stereocenters. The van der Waals surface area contributed by atoms with Crippen LogP contribution in [0.15, 0.2) is 34.7 Å². The van der Waals surface area contributed by atoms with Crippen molar-refractivity contribution in [3.05, 3.63) is 47.4 Å². The molecule has 0 aliphatic carbocycles. The average molecular weight is 272 g/mol. The van der Waals surface area contributed by atoms with Crippen LogP contribution in [-0.4, -0.2) is 5.91 Å².